The number of carbonyl (C=O) groups is 1. The predicted octanol–water partition coefficient (Wildman–Crippen LogP) is 3.36. The summed E-state index contributed by atoms with van der Waals surface area (Å²) < 4.78 is 5.63. The van der Waals surface area contributed by atoms with Gasteiger partial charge in [0.1, 0.15) is 6.26 Å². The maximum atomic E-state index is 11.6. The normalized spacial score (nSPS) is 10.5. The van der Waals surface area contributed by atoms with E-state index < -0.39 is 0 Å². The van der Waals surface area contributed by atoms with Crippen molar-refractivity contribution in [2.24, 2.45) is 0 Å². The van der Waals surface area contributed by atoms with E-state index in [2.05, 4.69) is 4.98 Å². The summed E-state index contributed by atoms with van der Waals surface area (Å²) in [6, 6.07) is 3.45. The van der Waals surface area contributed by atoms with Crippen LogP contribution in [-0.4, -0.2) is 16.5 Å². The minimum absolute atomic E-state index is 0.0371. The van der Waals surface area contributed by atoms with Gasteiger partial charge in [-0.05, 0) is 12.1 Å². The number of thiophene rings is 1. The third kappa shape index (κ3) is 2.84. The molecule has 2 heterocycles. The highest BCUT2D eigenvalue weighted by Crippen LogP contribution is 2.24. The second kappa shape index (κ2) is 4.83. The van der Waals surface area contributed by atoms with Crippen molar-refractivity contribution in [1.82, 2.24) is 4.98 Å². The number of nitrogens with zero attached hydrogens (tertiary/aromatic N) is 1. The molecule has 0 unspecified atom stereocenters. The van der Waals surface area contributed by atoms with Gasteiger partial charge in [0.15, 0.2) is 5.78 Å². The van der Waals surface area contributed by atoms with Crippen molar-refractivity contribution in [1.29, 1.82) is 0 Å². The van der Waals surface area contributed by atoms with Gasteiger partial charge in [-0.2, -0.15) is 0 Å². The van der Waals surface area contributed by atoms with Crippen molar-refractivity contribution in [3.63, 3.8) is 0 Å². The minimum atomic E-state index is 0.0371. The number of aromatic nitrogens is 1. The molecule has 0 saturated heterocycles. The van der Waals surface area contributed by atoms with E-state index in [-0.39, 0.29) is 5.78 Å². The summed E-state index contributed by atoms with van der Waals surface area (Å²) in [5, 5.41) is 0.506. The van der Waals surface area contributed by atoms with Crippen molar-refractivity contribution in [3.8, 4) is 0 Å². The maximum Gasteiger partial charge on any atom is 0.255 e. The number of rotatable bonds is 4. The average molecular weight is 260 g/mol. The highest BCUT2D eigenvalue weighted by molar-refractivity contribution is 7.99. The summed E-state index contributed by atoms with van der Waals surface area (Å²) in [6.45, 7) is 0. The van der Waals surface area contributed by atoms with Gasteiger partial charge < -0.3 is 4.42 Å². The largest absolute Gasteiger partial charge is 0.440 e. The molecule has 0 spiro atoms. The molecule has 0 aliphatic rings. The highest BCUT2D eigenvalue weighted by atomic mass is 35.5. The van der Waals surface area contributed by atoms with Gasteiger partial charge in [-0.3, -0.25) is 4.79 Å². The Morgan fingerprint density at radius 3 is 3.07 bits per heavy atom. The van der Waals surface area contributed by atoms with Crippen LogP contribution in [-0.2, 0) is 0 Å². The molecule has 78 valence electrons. The molecule has 2 aromatic rings. The van der Waals surface area contributed by atoms with E-state index in [1.165, 1.54) is 29.4 Å². The molecule has 0 atom stereocenters. The zero-order valence-corrected chi connectivity index (χ0v) is 9.86. The summed E-state index contributed by atoms with van der Waals surface area (Å²) in [4.78, 5) is 16.2. The Morgan fingerprint density at radius 2 is 2.47 bits per heavy atom. The Labute approximate surface area is 99.5 Å². The Balaban J connectivity index is 1.93. The highest BCUT2D eigenvalue weighted by Gasteiger charge is 2.10. The van der Waals surface area contributed by atoms with Gasteiger partial charge in [0, 0.05) is 0 Å². The Bertz CT molecular complexity index is 452. The smallest absolute Gasteiger partial charge is 0.255 e. The average Bonchev–Trinajstić information content (AvgIpc) is 2.84. The first-order valence-electron chi connectivity index (χ1n) is 4.06. The zero-order valence-electron chi connectivity index (χ0n) is 7.47. The van der Waals surface area contributed by atoms with Gasteiger partial charge in [0.2, 0.25) is 0 Å². The molecule has 0 aliphatic carbocycles. The first kappa shape index (κ1) is 10.7. The number of Topliss-reactive ketones (excluding diaryl/α,β-unsaturated/α-hetero) is 1. The van der Waals surface area contributed by atoms with E-state index in [0.29, 0.717) is 20.2 Å². The Hall–Kier alpha value is -0.780. The first-order valence-corrected chi connectivity index (χ1v) is 6.24. The zero-order chi connectivity index (χ0) is 10.7. The number of ketones is 1. The fourth-order valence-electron chi connectivity index (χ4n) is 0.944. The Kier molecular flexibility index (Phi) is 3.45. The van der Waals surface area contributed by atoms with Crippen molar-refractivity contribution < 1.29 is 9.21 Å². The van der Waals surface area contributed by atoms with Crippen LogP contribution in [0.3, 0.4) is 0 Å². The molecule has 0 N–H and O–H groups in total. The lowest BCUT2D eigenvalue weighted by atomic mass is 10.4. The fourth-order valence-corrected chi connectivity index (χ4v) is 2.69. The van der Waals surface area contributed by atoms with Gasteiger partial charge in [0.25, 0.3) is 5.22 Å². The third-order valence-electron chi connectivity index (χ3n) is 1.58. The lowest BCUT2D eigenvalue weighted by Gasteiger charge is -1.93. The lowest BCUT2D eigenvalue weighted by molar-refractivity contribution is 0.102. The number of oxazole rings is 1. The van der Waals surface area contributed by atoms with Crippen LogP contribution in [0.15, 0.2) is 34.2 Å². The summed E-state index contributed by atoms with van der Waals surface area (Å²) >= 11 is 8.29. The topological polar surface area (TPSA) is 43.1 Å². The molecule has 0 saturated carbocycles. The van der Waals surface area contributed by atoms with Crippen molar-refractivity contribution in [2.45, 2.75) is 5.22 Å². The van der Waals surface area contributed by atoms with E-state index in [9.17, 15) is 4.79 Å². The summed E-state index contributed by atoms with van der Waals surface area (Å²) in [6.07, 6.45) is 3.03. The van der Waals surface area contributed by atoms with Gasteiger partial charge >= 0.3 is 0 Å². The van der Waals surface area contributed by atoms with E-state index in [1.807, 2.05) is 0 Å². The quantitative estimate of drug-likeness (QED) is 0.624. The third-order valence-corrected chi connectivity index (χ3v) is 3.71. The van der Waals surface area contributed by atoms with Crippen LogP contribution in [0.2, 0.25) is 4.34 Å². The van der Waals surface area contributed by atoms with Crippen LogP contribution < -0.4 is 0 Å². The van der Waals surface area contributed by atoms with E-state index in [1.54, 1.807) is 18.3 Å². The van der Waals surface area contributed by atoms with Crippen LogP contribution >= 0.6 is 34.7 Å². The minimum Gasteiger partial charge on any atom is -0.440 e. The number of hydrogen-bond acceptors (Lipinski definition) is 5. The number of carbonyl (C=O) groups excluding carboxylic acids is 1. The standard InChI is InChI=1S/C9H6ClNO2S2/c10-8-2-1-7(15-8)6(12)5-14-9-11-3-4-13-9/h1-4H,5H2. The molecular weight excluding hydrogens is 254 g/mol. The molecule has 0 bridgehead atoms. The van der Waals surface area contributed by atoms with Crippen LogP contribution in [0.25, 0.3) is 0 Å². The van der Waals surface area contributed by atoms with Crippen molar-refractivity contribution in [3.05, 3.63) is 33.8 Å². The van der Waals surface area contributed by atoms with Crippen molar-refractivity contribution in [2.75, 3.05) is 5.75 Å². The lowest BCUT2D eigenvalue weighted by Crippen LogP contribution is -1.98. The SMILES string of the molecule is O=C(CSc1ncco1)c1ccc(Cl)s1. The van der Waals surface area contributed by atoms with Crippen LogP contribution in [0.4, 0.5) is 0 Å². The van der Waals surface area contributed by atoms with Crippen LogP contribution in [0, 0.1) is 0 Å². The second-order valence-electron chi connectivity index (χ2n) is 2.61. The number of thioether (sulfide) groups is 1. The first-order chi connectivity index (χ1) is 7.25. The second-order valence-corrected chi connectivity index (χ2v) is 5.26. The van der Waals surface area contributed by atoms with E-state index >= 15 is 0 Å². The molecule has 6 heteroatoms. The van der Waals surface area contributed by atoms with Gasteiger partial charge in [-0.25, -0.2) is 4.98 Å². The van der Waals surface area contributed by atoms with E-state index in [0.717, 1.165) is 0 Å². The molecule has 3 nitrogen and oxygen atoms in total. The fraction of sp³-hybridized carbons (Fsp3) is 0.111. The molecule has 2 rings (SSSR count). The summed E-state index contributed by atoms with van der Waals surface area (Å²) in [5.41, 5.74) is 0. The number of halogens is 1. The Morgan fingerprint density at radius 1 is 1.60 bits per heavy atom. The maximum absolute atomic E-state index is 11.6. The molecule has 2 aromatic heterocycles. The molecular formula is C9H6ClNO2S2. The van der Waals surface area contributed by atoms with Gasteiger partial charge in [0.05, 0.1) is 21.2 Å². The monoisotopic (exact) mass is 259 g/mol. The van der Waals surface area contributed by atoms with Crippen molar-refractivity contribution >= 4 is 40.5 Å². The molecule has 0 radical (unpaired) electrons. The molecule has 0 aliphatic heterocycles. The number of hydrogen-bond donors (Lipinski definition) is 0. The van der Waals surface area contributed by atoms with Gasteiger partial charge in [-0.15, -0.1) is 11.3 Å². The molecule has 0 aromatic carbocycles. The van der Waals surface area contributed by atoms with Gasteiger partial charge in [-0.1, -0.05) is 23.4 Å². The molecule has 0 amide bonds. The summed E-state index contributed by atoms with van der Waals surface area (Å²) in [7, 11) is 0. The molecule has 0 fully saturated rings. The van der Waals surface area contributed by atoms with Crippen LogP contribution in [0.5, 0.6) is 0 Å². The van der Waals surface area contributed by atoms with E-state index in [4.69, 9.17) is 16.0 Å². The predicted molar refractivity (Wildman–Crippen MR) is 60.9 cm³/mol. The summed E-state index contributed by atoms with van der Waals surface area (Å²) in [5.74, 6) is 0.354. The van der Waals surface area contributed by atoms with Crippen LogP contribution in [0.1, 0.15) is 9.67 Å². The molecule has 15 heavy (non-hydrogen) atoms.